The second-order valence-corrected chi connectivity index (χ2v) is 8.87. The van der Waals surface area contributed by atoms with Crippen molar-refractivity contribution < 1.29 is 28.2 Å². The second-order valence-electron chi connectivity index (χ2n) is 7.85. The van der Waals surface area contributed by atoms with Crippen molar-refractivity contribution in [1.29, 1.82) is 0 Å². The molecule has 1 amide bonds. The molecule has 0 spiro atoms. The highest BCUT2D eigenvalue weighted by atomic mass is 32.1. The third kappa shape index (κ3) is 4.01. The Morgan fingerprint density at radius 3 is 2.50 bits per heavy atom. The van der Waals surface area contributed by atoms with E-state index in [9.17, 15) is 23.5 Å². The molecule has 0 radical (unpaired) electrons. The summed E-state index contributed by atoms with van der Waals surface area (Å²) in [5, 5.41) is 10.3. The number of alkyl halides is 2. The Morgan fingerprint density at radius 1 is 1.25 bits per heavy atom. The van der Waals surface area contributed by atoms with E-state index in [0.29, 0.717) is 21.6 Å². The number of ether oxygens (including phenoxy) is 1. The quantitative estimate of drug-likeness (QED) is 0.740. The van der Waals surface area contributed by atoms with Gasteiger partial charge < -0.3 is 15.6 Å². The molecule has 1 aromatic carbocycles. The molecule has 2 aromatic rings. The molecule has 1 aliphatic carbocycles. The van der Waals surface area contributed by atoms with E-state index in [1.807, 2.05) is 0 Å². The van der Waals surface area contributed by atoms with Crippen molar-refractivity contribution in [2.75, 3.05) is 0 Å². The minimum Gasteiger partial charge on any atom is -0.507 e. The van der Waals surface area contributed by atoms with Crippen LogP contribution in [0.25, 0.3) is 10.4 Å². The number of aromatic hydroxyl groups is 1. The van der Waals surface area contributed by atoms with Crippen LogP contribution < -0.4 is 5.73 Å². The first-order chi connectivity index (χ1) is 12.9. The SMILES string of the molecule is CC(C)(C)OC(=O)c1ccc(-c2sc(C(N)=O)c3c2CC(F)(F)CC3)cc1O. The molecule has 150 valence electrons. The highest BCUT2D eigenvalue weighted by Gasteiger charge is 2.38. The monoisotopic (exact) mass is 409 g/mol. The third-order valence-electron chi connectivity index (χ3n) is 4.40. The van der Waals surface area contributed by atoms with E-state index in [-0.39, 0.29) is 29.0 Å². The molecule has 8 heteroatoms. The molecular weight excluding hydrogens is 388 g/mol. The highest BCUT2D eigenvalue weighted by Crippen LogP contribution is 2.45. The minimum absolute atomic E-state index is 0.0236. The normalized spacial score (nSPS) is 15.8. The average Bonchev–Trinajstić information content (AvgIpc) is 2.90. The van der Waals surface area contributed by atoms with Crippen molar-refractivity contribution >= 4 is 23.2 Å². The number of benzene rings is 1. The Kier molecular flexibility index (Phi) is 4.95. The van der Waals surface area contributed by atoms with Gasteiger partial charge in [-0.2, -0.15) is 0 Å². The molecule has 1 heterocycles. The molecule has 0 atom stereocenters. The number of esters is 1. The number of carbonyl (C=O) groups is 2. The molecule has 0 aliphatic heterocycles. The van der Waals surface area contributed by atoms with Crippen LogP contribution in [0.5, 0.6) is 5.75 Å². The molecular formula is C20H21F2NO4S. The Hall–Kier alpha value is -2.48. The first-order valence-corrected chi connectivity index (χ1v) is 9.58. The molecule has 3 rings (SSSR count). The van der Waals surface area contributed by atoms with Crippen molar-refractivity contribution in [2.45, 2.75) is 51.6 Å². The molecule has 5 nitrogen and oxygen atoms in total. The summed E-state index contributed by atoms with van der Waals surface area (Å²) >= 11 is 1.04. The van der Waals surface area contributed by atoms with Crippen LogP contribution in [-0.2, 0) is 17.6 Å². The largest absolute Gasteiger partial charge is 0.507 e. The van der Waals surface area contributed by atoms with E-state index in [4.69, 9.17) is 10.5 Å². The number of carbonyl (C=O) groups excluding carboxylic acids is 2. The predicted octanol–water partition coefficient (Wildman–Crippen LogP) is 4.30. The fraction of sp³-hybridized carbons (Fsp3) is 0.400. The van der Waals surface area contributed by atoms with Gasteiger partial charge in [0.2, 0.25) is 0 Å². The fourth-order valence-electron chi connectivity index (χ4n) is 3.22. The summed E-state index contributed by atoms with van der Waals surface area (Å²) in [6, 6.07) is 4.25. The van der Waals surface area contributed by atoms with E-state index < -0.39 is 29.8 Å². The molecule has 3 N–H and O–H groups in total. The molecule has 0 saturated carbocycles. The molecule has 0 saturated heterocycles. The predicted molar refractivity (Wildman–Crippen MR) is 102 cm³/mol. The topological polar surface area (TPSA) is 89.6 Å². The van der Waals surface area contributed by atoms with Crippen LogP contribution >= 0.6 is 11.3 Å². The van der Waals surface area contributed by atoms with Gasteiger partial charge in [0.15, 0.2) is 0 Å². The number of thiophene rings is 1. The fourth-order valence-corrected chi connectivity index (χ4v) is 4.43. The zero-order chi connectivity index (χ0) is 20.9. The van der Waals surface area contributed by atoms with Crippen molar-refractivity contribution in [3.05, 3.63) is 39.8 Å². The van der Waals surface area contributed by atoms with Gasteiger partial charge in [-0.05, 0) is 56.0 Å². The highest BCUT2D eigenvalue weighted by molar-refractivity contribution is 7.17. The van der Waals surface area contributed by atoms with E-state index in [0.717, 1.165) is 11.3 Å². The number of phenolic OH excluding ortho intramolecular Hbond substituents is 1. The van der Waals surface area contributed by atoms with Gasteiger partial charge in [-0.15, -0.1) is 11.3 Å². The molecule has 0 bridgehead atoms. The molecule has 0 unspecified atom stereocenters. The lowest BCUT2D eigenvalue weighted by Crippen LogP contribution is -2.26. The Labute approximate surface area is 165 Å². The molecule has 1 aliphatic rings. The van der Waals surface area contributed by atoms with Gasteiger partial charge in [-0.3, -0.25) is 4.79 Å². The number of primary amides is 1. The first kappa shape index (κ1) is 20.3. The first-order valence-electron chi connectivity index (χ1n) is 8.77. The van der Waals surface area contributed by atoms with Crippen LogP contribution in [0.1, 0.15) is 58.3 Å². The van der Waals surface area contributed by atoms with Gasteiger partial charge in [0.05, 0.1) is 4.88 Å². The number of fused-ring (bicyclic) bond motifs is 1. The van der Waals surface area contributed by atoms with Gasteiger partial charge in [-0.25, -0.2) is 13.6 Å². The number of amides is 1. The maximum absolute atomic E-state index is 14.0. The van der Waals surface area contributed by atoms with E-state index in [1.54, 1.807) is 26.8 Å². The smallest absolute Gasteiger partial charge is 0.342 e. The number of rotatable bonds is 3. The number of phenols is 1. The lowest BCUT2D eigenvalue weighted by atomic mass is 9.88. The third-order valence-corrected chi connectivity index (χ3v) is 5.73. The maximum Gasteiger partial charge on any atom is 0.342 e. The van der Waals surface area contributed by atoms with Crippen LogP contribution in [0.2, 0.25) is 0 Å². The van der Waals surface area contributed by atoms with E-state index in [2.05, 4.69) is 0 Å². The summed E-state index contributed by atoms with van der Waals surface area (Å²) in [6.07, 6.45) is -0.756. The number of hydrogen-bond donors (Lipinski definition) is 2. The summed E-state index contributed by atoms with van der Waals surface area (Å²) in [6.45, 7) is 5.12. The Bertz CT molecular complexity index is 960. The summed E-state index contributed by atoms with van der Waals surface area (Å²) in [5.74, 6) is -4.53. The van der Waals surface area contributed by atoms with Crippen molar-refractivity contribution in [3.8, 4) is 16.2 Å². The maximum atomic E-state index is 14.0. The Balaban J connectivity index is 2.04. The van der Waals surface area contributed by atoms with Gasteiger partial charge >= 0.3 is 5.97 Å². The van der Waals surface area contributed by atoms with Crippen LogP contribution in [0.15, 0.2) is 18.2 Å². The summed E-state index contributed by atoms with van der Waals surface area (Å²) < 4.78 is 33.2. The second kappa shape index (κ2) is 6.84. The van der Waals surface area contributed by atoms with Crippen molar-refractivity contribution in [3.63, 3.8) is 0 Å². The lowest BCUT2D eigenvalue weighted by molar-refractivity contribution is -0.0120. The van der Waals surface area contributed by atoms with E-state index >= 15 is 0 Å². The van der Waals surface area contributed by atoms with Crippen LogP contribution in [0.4, 0.5) is 8.78 Å². The lowest BCUT2D eigenvalue weighted by Gasteiger charge is -2.23. The molecule has 1 aromatic heterocycles. The van der Waals surface area contributed by atoms with E-state index in [1.165, 1.54) is 12.1 Å². The number of nitrogens with two attached hydrogens (primary N) is 1. The summed E-state index contributed by atoms with van der Waals surface area (Å²) in [7, 11) is 0. The van der Waals surface area contributed by atoms with Gasteiger partial charge in [0, 0.05) is 17.7 Å². The Morgan fingerprint density at radius 2 is 1.93 bits per heavy atom. The van der Waals surface area contributed by atoms with Gasteiger partial charge in [-0.1, -0.05) is 6.07 Å². The van der Waals surface area contributed by atoms with Crippen LogP contribution in [0, 0.1) is 0 Å². The van der Waals surface area contributed by atoms with Gasteiger partial charge in [0.1, 0.15) is 16.9 Å². The summed E-state index contributed by atoms with van der Waals surface area (Å²) in [4.78, 5) is 24.7. The summed E-state index contributed by atoms with van der Waals surface area (Å²) in [5.41, 5.74) is 6.04. The minimum atomic E-state index is -2.86. The average molecular weight is 409 g/mol. The van der Waals surface area contributed by atoms with Crippen LogP contribution in [-0.4, -0.2) is 28.5 Å². The number of halogens is 2. The van der Waals surface area contributed by atoms with Crippen molar-refractivity contribution in [1.82, 2.24) is 0 Å². The zero-order valence-electron chi connectivity index (χ0n) is 15.8. The van der Waals surface area contributed by atoms with Crippen molar-refractivity contribution in [2.24, 2.45) is 5.73 Å². The van der Waals surface area contributed by atoms with Crippen LogP contribution in [0.3, 0.4) is 0 Å². The standard InChI is InChI=1S/C20H21F2NO4S/c1-19(2,3)27-18(26)12-5-4-10(8-14(12)24)15-13-9-20(21,22)7-6-11(13)16(28-15)17(23)25/h4-5,8,24H,6-7,9H2,1-3H3,(H2,23,25). The number of hydrogen-bond acceptors (Lipinski definition) is 5. The zero-order valence-corrected chi connectivity index (χ0v) is 16.6. The van der Waals surface area contributed by atoms with Gasteiger partial charge in [0.25, 0.3) is 11.8 Å². The molecule has 28 heavy (non-hydrogen) atoms. The molecule has 0 fully saturated rings.